The van der Waals surface area contributed by atoms with Crippen LogP contribution in [0.1, 0.15) is 132 Å². The zero-order chi connectivity index (χ0) is 88.9. The van der Waals surface area contributed by atoms with Crippen molar-refractivity contribution in [1.29, 1.82) is 0 Å². The zero-order valence-corrected chi connectivity index (χ0v) is 73.1. The van der Waals surface area contributed by atoms with Gasteiger partial charge in [-0.05, 0) is 148 Å². The first kappa shape index (κ1) is 86.1. The lowest BCUT2D eigenvalue weighted by Gasteiger charge is -2.21. The fraction of sp³-hybridized carbons (Fsp3) is 0.165. The van der Waals surface area contributed by atoms with E-state index in [4.69, 9.17) is 39.9 Å². The topological polar surface area (TPSA) is 220 Å². The number of carbonyl (C=O) groups is 4. The number of rotatable bonds is 23. The van der Waals surface area contributed by atoms with Gasteiger partial charge in [-0.25, -0.2) is 39.9 Å². The summed E-state index contributed by atoms with van der Waals surface area (Å²) in [7, 11) is 0. The van der Waals surface area contributed by atoms with Crippen molar-refractivity contribution in [2.75, 3.05) is 21.3 Å². The van der Waals surface area contributed by atoms with Crippen LogP contribution >= 0.6 is 0 Å². The molecule has 4 N–H and O–H groups in total. The van der Waals surface area contributed by atoms with Gasteiger partial charge in [0.2, 0.25) is 23.6 Å². The standard InChI is InChI=1S/C31H25N3O.C29H27N3O.C28H25N3O.C27H23N3O/c35-29(20-22-14-15-23-10-4-5-12-25(23)18-22)34-31-28(19-21-8-2-1-3-9-21)32-30-26-13-7-6-11-24(26)16-17-27(30)33-31;33-27(17-9-14-21-10-3-1-4-11-21)32-29-26(20-22-12-5-2-6-13-22)30-28-24-16-8-7-15-23(24)18-19-25(28)31-29;32-26(18-15-20-9-3-1-4-10-20)31-28-25(19-21-11-5-2-6-12-21)29-27-23-14-8-7-13-22(23)16-17-24(27)30-28;31-25(18-20-11-5-2-6-12-20)30-27-24(17-19-9-3-1-4-10-19)28-26-22-14-8-7-13-21(22)15-16-23(26)29-27/h1-15,18H,16-17,19-20H2,(H,33,34,35);1-8,10-13,15-16H,9,14,17-20H2,(H,31,32,33);1-14H,15-19H2,(H,30,31,32);1-14H,15-18H2,(H,29,30,31). The highest BCUT2D eigenvalue weighted by molar-refractivity contribution is 5.95. The highest BCUT2D eigenvalue weighted by Gasteiger charge is 2.29. The molecule has 21 rings (SSSR count). The summed E-state index contributed by atoms with van der Waals surface area (Å²) in [4.78, 5) is 91.3. The number of aryl methyl sites for hydroxylation is 10. The van der Waals surface area contributed by atoms with Gasteiger partial charge >= 0.3 is 0 Å². The second kappa shape index (κ2) is 41.8. The number of amides is 4. The molecule has 0 radical (unpaired) electrons. The molecule has 16 nitrogen and oxygen atoms in total. The summed E-state index contributed by atoms with van der Waals surface area (Å²) >= 11 is 0. The van der Waals surface area contributed by atoms with E-state index in [1.165, 1.54) is 33.2 Å². The highest BCUT2D eigenvalue weighted by Crippen LogP contribution is 2.39. The van der Waals surface area contributed by atoms with Crippen molar-refractivity contribution in [3.8, 4) is 45.0 Å². The van der Waals surface area contributed by atoms with Gasteiger partial charge in [-0.1, -0.05) is 352 Å². The molecule has 17 aromatic rings. The molecule has 0 saturated heterocycles. The highest BCUT2D eigenvalue weighted by atomic mass is 16.2. The predicted octanol–water partition coefficient (Wildman–Crippen LogP) is 22.4. The van der Waals surface area contributed by atoms with Gasteiger partial charge in [0.1, 0.15) is 0 Å². The van der Waals surface area contributed by atoms with Crippen LogP contribution in [-0.4, -0.2) is 63.5 Å². The summed E-state index contributed by atoms with van der Waals surface area (Å²) < 4.78 is 0. The maximum Gasteiger partial charge on any atom is 0.229 e. The second-order valence-corrected chi connectivity index (χ2v) is 33.6. The minimum Gasteiger partial charge on any atom is -0.309 e. The molecular weight excluding hydrogens is 1610 g/mol. The van der Waals surface area contributed by atoms with Gasteiger partial charge in [-0.15, -0.1) is 0 Å². The Morgan fingerprint density at radius 1 is 0.221 bits per heavy atom. The number of hydrogen-bond acceptors (Lipinski definition) is 12. The molecule has 0 aliphatic heterocycles. The fourth-order valence-electron chi connectivity index (χ4n) is 17.6. The maximum atomic E-state index is 13.1. The largest absolute Gasteiger partial charge is 0.309 e. The quantitative estimate of drug-likeness (QED) is 0.0470. The Morgan fingerprint density at radius 3 is 0.832 bits per heavy atom. The van der Waals surface area contributed by atoms with Crippen LogP contribution in [0, 0.1) is 0 Å². The number of carbonyl (C=O) groups excluding carboxylic acids is 4. The van der Waals surface area contributed by atoms with Crippen molar-refractivity contribution in [2.24, 2.45) is 0 Å². The maximum absolute atomic E-state index is 13.1. The fourth-order valence-corrected chi connectivity index (χ4v) is 17.6. The Labute approximate surface area is 764 Å². The van der Waals surface area contributed by atoms with E-state index < -0.39 is 0 Å². The first-order valence-corrected chi connectivity index (χ1v) is 45.4. The first-order valence-electron chi connectivity index (χ1n) is 45.4. The third kappa shape index (κ3) is 22.1. The average molecular weight is 1710 g/mol. The van der Waals surface area contributed by atoms with Gasteiger partial charge in [0.05, 0.1) is 81.2 Å². The first-order chi connectivity index (χ1) is 64.5. The number of fused-ring (bicyclic) bond motifs is 13. The van der Waals surface area contributed by atoms with Crippen LogP contribution in [0.5, 0.6) is 0 Å². The molecule has 131 heavy (non-hydrogen) atoms. The van der Waals surface area contributed by atoms with Gasteiger partial charge in [-0.2, -0.15) is 0 Å². The van der Waals surface area contributed by atoms with Gasteiger partial charge in [0.15, 0.2) is 23.3 Å². The van der Waals surface area contributed by atoms with Crippen LogP contribution < -0.4 is 21.3 Å². The molecule has 0 spiro atoms. The number of benzene rings is 13. The number of hydrogen-bond donors (Lipinski definition) is 4. The minimum atomic E-state index is -0.0833. The lowest BCUT2D eigenvalue weighted by molar-refractivity contribution is -0.117. The van der Waals surface area contributed by atoms with E-state index in [0.29, 0.717) is 74.6 Å². The number of aromatic nitrogens is 8. The summed E-state index contributed by atoms with van der Waals surface area (Å²) in [6.45, 7) is 0. The van der Waals surface area contributed by atoms with Crippen molar-refractivity contribution in [3.05, 3.63) is 464 Å². The van der Waals surface area contributed by atoms with Gasteiger partial charge in [-0.3, -0.25) is 19.2 Å². The van der Waals surface area contributed by atoms with Crippen LogP contribution in [0.2, 0.25) is 0 Å². The summed E-state index contributed by atoms with van der Waals surface area (Å²) in [6.07, 6.45) is 13.4. The molecule has 0 bridgehead atoms. The van der Waals surface area contributed by atoms with Crippen LogP contribution in [0.4, 0.5) is 23.3 Å². The monoisotopic (exact) mass is 1710 g/mol. The van der Waals surface area contributed by atoms with Crippen molar-refractivity contribution in [3.63, 3.8) is 0 Å². The third-order valence-corrected chi connectivity index (χ3v) is 24.2. The molecule has 0 unspecified atom stereocenters. The van der Waals surface area contributed by atoms with E-state index in [9.17, 15) is 19.2 Å². The normalized spacial score (nSPS) is 12.0. The molecule has 0 saturated carbocycles. The third-order valence-electron chi connectivity index (χ3n) is 24.2. The van der Waals surface area contributed by atoms with Crippen LogP contribution in [0.25, 0.3) is 55.8 Å². The molecular formula is C115H100N12O4. The number of nitrogens with zero attached hydrogens (tertiary/aromatic N) is 8. The summed E-state index contributed by atoms with van der Waals surface area (Å²) in [5, 5.41) is 14.6. The number of nitrogens with one attached hydrogen (secondary N) is 4. The molecule has 4 amide bonds. The Hall–Kier alpha value is -15.7. The second-order valence-electron chi connectivity index (χ2n) is 33.6. The van der Waals surface area contributed by atoms with E-state index in [1.807, 2.05) is 188 Å². The predicted molar refractivity (Wildman–Crippen MR) is 523 cm³/mol. The van der Waals surface area contributed by atoms with Crippen molar-refractivity contribution < 1.29 is 19.2 Å². The van der Waals surface area contributed by atoms with Gasteiger partial charge in [0, 0.05) is 60.8 Å². The van der Waals surface area contributed by atoms with E-state index in [2.05, 4.69) is 185 Å². The summed E-state index contributed by atoms with van der Waals surface area (Å²) in [5.74, 6) is 2.12. The molecule has 4 aliphatic carbocycles. The minimum absolute atomic E-state index is 0.00861. The Morgan fingerprint density at radius 2 is 0.489 bits per heavy atom. The smallest absolute Gasteiger partial charge is 0.229 e. The Kier molecular flexibility index (Phi) is 27.5. The lowest BCUT2D eigenvalue weighted by Crippen LogP contribution is -2.20. The van der Waals surface area contributed by atoms with Gasteiger partial charge < -0.3 is 21.3 Å². The van der Waals surface area contributed by atoms with Crippen LogP contribution in [0.15, 0.2) is 352 Å². The van der Waals surface area contributed by atoms with Crippen molar-refractivity contribution >= 4 is 57.7 Å². The molecule has 13 aromatic carbocycles. The molecule has 16 heteroatoms. The zero-order valence-electron chi connectivity index (χ0n) is 73.1. The molecule has 0 fully saturated rings. The van der Waals surface area contributed by atoms with Crippen LogP contribution in [0.3, 0.4) is 0 Å². The molecule has 0 atom stereocenters. The molecule has 4 aliphatic rings. The Balaban J connectivity index is 0.000000117. The lowest BCUT2D eigenvalue weighted by atomic mass is 9.91. The molecule has 4 heterocycles. The van der Waals surface area contributed by atoms with E-state index >= 15 is 0 Å². The molecule has 644 valence electrons. The SMILES string of the molecule is O=C(CCCc1ccccc1)Nc1nc2c(nc1Cc1ccccc1)-c1ccccc1CC2.O=C(CCc1ccccc1)Nc1nc2c(nc1Cc1ccccc1)-c1ccccc1CC2.O=C(Cc1ccc2ccccc2c1)Nc1nc2c(nc1Cc1ccccc1)-c1ccccc1CC2.O=C(Cc1ccccc1)Nc1nc2c(nc1Cc1ccccc1)-c1ccccc1CC2. The van der Waals surface area contributed by atoms with Gasteiger partial charge in [0.25, 0.3) is 0 Å². The average Bonchev–Trinajstić information content (AvgIpc) is 0.782. The van der Waals surface area contributed by atoms with Crippen molar-refractivity contribution in [2.45, 2.75) is 122 Å². The van der Waals surface area contributed by atoms with E-state index in [1.54, 1.807) is 0 Å². The van der Waals surface area contributed by atoms with E-state index in [-0.39, 0.29) is 30.0 Å². The van der Waals surface area contributed by atoms with Crippen molar-refractivity contribution in [1.82, 2.24) is 39.9 Å². The molecule has 4 aromatic heterocycles. The summed E-state index contributed by atoms with van der Waals surface area (Å²) in [5.41, 5.74) is 29.5. The number of anilines is 4. The van der Waals surface area contributed by atoms with Crippen LogP contribution in [-0.2, 0) is 122 Å². The Bertz CT molecular complexity index is 6910. The summed E-state index contributed by atoms with van der Waals surface area (Å²) in [6, 6.07) is 119. The van der Waals surface area contributed by atoms with E-state index in [0.717, 1.165) is 199 Å².